The van der Waals surface area contributed by atoms with Gasteiger partial charge in [-0.2, -0.15) is 0 Å². The number of hydrogen-bond donors (Lipinski definition) is 1. The summed E-state index contributed by atoms with van der Waals surface area (Å²) in [7, 11) is -3.64. The molecule has 1 aromatic carbocycles. The van der Waals surface area contributed by atoms with E-state index in [1.54, 1.807) is 12.1 Å². The molecule has 1 saturated carbocycles. The number of ether oxygens (including phenoxy) is 1. The third-order valence-corrected chi connectivity index (χ3v) is 4.64. The minimum atomic E-state index is -3.64. The first-order chi connectivity index (χ1) is 8.86. The first-order valence-corrected chi connectivity index (χ1v) is 8.21. The molecule has 19 heavy (non-hydrogen) atoms. The smallest absolute Gasteiger partial charge is 0.238 e. The van der Waals surface area contributed by atoms with E-state index in [-0.39, 0.29) is 11.0 Å². The van der Waals surface area contributed by atoms with Crippen LogP contribution < -0.4 is 9.88 Å². The zero-order chi connectivity index (χ0) is 14.0. The van der Waals surface area contributed by atoms with Gasteiger partial charge in [0.1, 0.15) is 5.75 Å². The molecule has 0 atom stereocenters. The Hall–Kier alpha value is -1.07. The lowest BCUT2D eigenvalue weighted by Crippen LogP contribution is -2.23. The normalized spacial score (nSPS) is 24.2. The molecular formula is C14H21NO3S. The molecule has 0 unspecified atom stereocenters. The van der Waals surface area contributed by atoms with Crippen LogP contribution in [0, 0.1) is 12.8 Å². The maximum Gasteiger partial charge on any atom is 0.238 e. The predicted octanol–water partition coefficient (Wildman–Crippen LogP) is 2.60. The van der Waals surface area contributed by atoms with Crippen molar-refractivity contribution in [1.82, 2.24) is 0 Å². The standard InChI is InChI=1S/C14H21NO3S/c1-10-3-5-12(6-4-10)18-14-8-7-13(9-11(14)2)19(15,16)17/h7-10,12H,3-6H2,1-2H3,(H2,15,16,17). The van der Waals surface area contributed by atoms with Gasteiger partial charge in [0, 0.05) is 0 Å². The maximum absolute atomic E-state index is 11.3. The molecular weight excluding hydrogens is 262 g/mol. The number of hydrogen-bond acceptors (Lipinski definition) is 3. The van der Waals surface area contributed by atoms with Crippen molar-refractivity contribution >= 4 is 10.0 Å². The molecule has 0 amide bonds. The third-order valence-electron chi connectivity index (χ3n) is 3.73. The molecule has 2 rings (SSSR count). The van der Waals surface area contributed by atoms with Gasteiger partial charge in [0.15, 0.2) is 0 Å². The van der Waals surface area contributed by atoms with Crippen LogP contribution in [0.4, 0.5) is 0 Å². The summed E-state index contributed by atoms with van der Waals surface area (Å²) in [5.74, 6) is 1.54. The minimum absolute atomic E-state index is 0.134. The third kappa shape index (κ3) is 3.70. The van der Waals surface area contributed by atoms with Gasteiger partial charge in [-0.3, -0.25) is 0 Å². The first kappa shape index (κ1) is 14.3. The van der Waals surface area contributed by atoms with Gasteiger partial charge < -0.3 is 4.74 Å². The van der Waals surface area contributed by atoms with Crippen LogP contribution in [0.5, 0.6) is 5.75 Å². The van der Waals surface area contributed by atoms with Crippen molar-refractivity contribution in [2.75, 3.05) is 0 Å². The van der Waals surface area contributed by atoms with E-state index in [0.29, 0.717) is 0 Å². The van der Waals surface area contributed by atoms with E-state index >= 15 is 0 Å². The van der Waals surface area contributed by atoms with Gasteiger partial charge in [-0.15, -0.1) is 0 Å². The summed E-state index contributed by atoms with van der Waals surface area (Å²) < 4.78 is 28.5. The zero-order valence-electron chi connectivity index (χ0n) is 11.4. The first-order valence-electron chi connectivity index (χ1n) is 6.66. The van der Waals surface area contributed by atoms with Gasteiger partial charge in [-0.05, 0) is 62.3 Å². The van der Waals surface area contributed by atoms with Crippen LogP contribution in [0.3, 0.4) is 0 Å². The molecule has 0 saturated heterocycles. The molecule has 5 heteroatoms. The second-order valence-corrected chi connectivity index (χ2v) is 7.03. The lowest BCUT2D eigenvalue weighted by molar-refractivity contribution is 0.134. The Kier molecular flexibility index (Phi) is 4.16. The summed E-state index contributed by atoms with van der Waals surface area (Å²) in [6, 6.07) is 4.77. The van der Waals surface area contributed by atoms with Crippen LogP contribution in [-0.2, 0) is 10.0 Å². The van der Waals surface area contributed by atoms with E-state index in [1.807, 2.05) is 6.92 Å². The molecule has 4 nitrogen and oxygen atoms in total. The van der Waals surface area contributed by atoms with Crippen LogP contribution in [0.15, 0.2) is 23.1 Å². The maximum atomic E-state index is 11.3. The van der Waals surface area contributed by atoms with Gasteiger partial charge in [0.05, 0.1) is 11.0 Å². The van der Waals surface area contributed by atoms with Crippen LogP contribution in [0.2, 0.25) is 0 Å². The van der Waals surface area contributed by atoms with Crippen LogP contribution in [-0.4, -0.2) is 14.5 Å². The summed E-state index contributed by atoms with van der Waals surface area (Å²) >= 11 is 0. The number of nitrogens with two attached hydrogens (primary N) is 1. The second-order valence-electron chi connectivity index (χ2n) is 5.47. The van der Waals surface area contributed by atoms with Crippen molar-refractivity contribution in [2.45, 2.75) is 50.5 Å². The molecule has 1 aliphatic rings. The Labute approximate surface area is 115 Å². The van der Waals surface area contributed by atoms with E-state index in [0.717, 1.165) is 30.1 Å². The topological polar surface area (TPSA) is 69.4 Å². The lowest BCUT2D eigenvalue weighted by atomic mass is 9.89. The SMILES string of the molecule is Cc1cc(S(N)(=O)=O)ccc1OC1CCC(C)CC1. The zero-order valence-corrected chi connectivity index (χ0v) is 12.2. The molecule has 0 bridgehead atoms. The number of primary sulfonamides is 1. The van der Waals surface area contributed by atoms with Crippen LogP contribution >= 0.6 is 0 Å². The number of rotatable bonds is 3. The summed E-state index contributed by atoms with van der Waals surface area (Å²) in [5, 5.41) is 5.11. The van der Waals surface area contributed by atoms with Gasteiger partial charge in [0.25, 0.3) is 0 Å². The summed E-state index contributed by atoms with van der Waals surface area (Å²) in [6.45, 7) is 4.11. The van der Waals surface area contributed by atoms with Crippen molar-refractivity contribution in [2.24, 2.45) is 11.1 Å². The number of aryl methyl sites for hydroxylation is 1. The highest BCUT2D eigenvalue weighted by Gasteiger charge is 2.20. The molecule has 1 aliphatic carbocycles. The molecule has 0 radical (unpaired) electrons. The van der Waals surface area contributed by atoms with Crippen molar-refractivity contribution in [1.29, 1.82) is 0 Å². The Morgan fingerprint density at radius 1 is 1.21 bits per heavy atom. The molecule has 0 spiro atoms. The fourth-order valence-electron chi connectivity index (χ4n) is 2.46. The van der Waals surface area contributed by atoms with Crippen molar-refractivity contribution in [3.05, 3.63) is 23.8 Å². The van der Waals surface area contributed by atoms with Gasteiger partial charge in [-0.1, -0.05) is 6.92 Å². The average molecular weight is 283 g/mol. The molecule has 106 valence electrons. The van der Waals surface area contributed by atoms with Crippen molar-refractivity contribution < 1.29 is 13.2 Å². The van der Waals surface area contributed by atoms with Crippen LogP contribution in [0.1, 0.15) is 38.2 Å². The second kappa shape index (κ2) is 5.51. The Balaban J connectivity index is 2.09. The Morgan fingerprint density at radius 2 is 1.84 bits per heavy atom. The Bertz CT molecular complexity index is 546. The average Bonchev–Trinajstić information content (AvgIpc) is 2.33. The highest BCUT2D eigenvalue weighted by Crippen LogP contribution is 2.29. The van der Waals surface area contributed by atoms with Gasteiger partial charge >= 0.3 is 0 Å². The molecule has 0 aliphatic heterocycles. The Morgan fingerprint density at radius 3 is 2.37 bits per heavy atom. The molecule has 1 aromatic rings. The number of sulfonamides is 1. The highest BCUT2D eigenvalue weighted by atomic mass is 32.2. The number of benzene rings is 1. The summed E-state index contributed by atoms with van der Waals surface area (Å²) in [5.41, 5.74) is 0.810. The van der Waals surface area contributed by atoms with Crippen molar-refractivity contribution in [3.8, 4) is 5.75 Å². The van der Waals surface area contributed by atoms with E-state index < -0.39 is 10.0 Å². The van der Waals surface area contributed by atoms with Crippen LogP contribution in [0.25, 0.3) is 0 Å². The quantitative estimate of drug-likeness (QED) is 0.927. The minimum Gasteiger partial charge on any atom is -0.490 e. The van der Waals surface area contributed by atoms with E-state index in [4.69, 9.17) is 9.88 Å². The van der Waals surface area contributed by atoms with Crippen molar-refractivity contribution in [3.63, 3.8) is 0 Å². The molecule has 0 heterocycles. The van der Waals surface area contributed by atoms with E-state index in [9.17, 15) is 8.42 Å². The van der Waals surface area contributed by atoms with E-state index in [1.165, 1.54) is 18.9 Å². The summed E-state index contributed by atoms with van der Waals surface area (Å²) in [4.78, 5) is 0.134. The monoisotopic (exact) mass is 283 g/mol. The molecule has 2 N–H and O–H groups in total. The molecule has 0 aromatic heterocycles. The largest absolute Gasteiger partial charge is 0.490 e. The van der Waals surface area contributed by atoms with E-state index in [2.05, 4.69) is 6.92 Å². The van der Waals surface area contributed by atoms with Gasteiger partial charge in [-0.25, -0.2) is 13.6 Å². The van der Waals surface area contributed by atoms with Gasteiger partial charge in [0.2, 0.25) is 10.0 Å². The molecule has 1 fully saturated rings. The summed E-state index contributed by atoms with van der Waals surface area (Å²) in [6.07, 6.45) is 4.77. The highest BCUT2D eigenvalue weighted by molar-refractivity contribution is 7.89. The predicted molar refractivity (Wildman–Crippen MR) is 74.6 cm³/mol. The fourth-order valence-corrected chi connectivity index (χ4v) is 3.06. The lowest BCUT2D eigenvalue weighted by Gasteiger charge is -2.27. The fraction of sp³-hybridized carbons (Fsp3) is 0.571.